The van der Waals surface area contributed by atoms with Gasteiger partial charge in [0, 0.05) is 6.54 Å². The van der Waals surface area contributed by atoms with Crippen LogP contribution in [-0.4, -0.2) is 32.5 Å². The predicted molar refractivity (Wildman–Crippen MR) is 73.5 cm³/mol. The zero-order valence-corrected chi connectivity index (χ0v) is 11.9. The molecule has 0 spiro atoms. The van der Waals surface area contributed by atoms with Gasteiger partial charge in [-0.05, 0) is 48.9 Å². The van der Waals surface area contributed by atoms with Gasteiger partial charge in [0.25, 0.3) is 6.47 Å². The molecule has 1 N–H and O–H groups in total. The third-order valence-corrected chi connectivity index (χ3v) is 3.74. The second-order valence-corrected chi connectivity index (χ2v) is 5.33. The Labute approximate surface area is 126 Å². The molecule has 1 aliphatic rings. The normalized spacial score (nSPS) is 22.1. The number of ether oxygens (including phenoxy) is 2. The van der Waals surface area contributed by atoms with Gasteiger partial charge in [0.15, 0.2) is 0 Å². The first-order valence-corrected chi connectivity index (χ1v) is 7.09. The molecule has 0 amide bonds. The van der Waals surface area contributed by atoms with Gasteiger partial charge in [-0.2, -0.15) is 0 Å². The Bertz CT molecular complexity index is 476. The second-order valence-electron chi connectivity index (χ2n) is 5.33. The molecule has 2 atom stereocenters. The van der Waals surface area contributed by atoms with E-state index in [9.17, 15) is 18.0 Å². The summed E-state index contributed by atoms with van der Waals surface area (Å²) in [6.07, 6.45) is -2.98. The molecule has 2 rings (SSSR count). The fourth-order valence-electron chi connectivity index (χ4n) is 2.73. The van der Waals surface area contributed by atoms with Crippen molar-refractivity contribution in [3.8, 4) is 5.75 Å². The van der Waals surface area contributed by atoms with E-state index >= 15 is 0 Å². The minimum Gasteiger partial charge on any atom is -0.468 e. The van der Waals surface area contributed by atoms with Gasteiger partial charge < -0.3 is 14.8 Å². The summed E-state index contributed by atoms with van der Waals surface area (Å²) in [5.41, 5.74) is 0.975. The Morgan fingerprint density at radius 3 is 2.59 bits per heavy atom. The minimum absolute atomic E-state index is 0.212. The Morgan fingerprint density at radius 2 is 1.95 bits per heavy atom. The van der Waals surface area contributed by atoms with Gasteiger partial charge in [-0.1, -0.05) is 12.1 Å². The quantitative estimate of drug-likeness (QED) is 0.647. The summed E-state index contributed by atoms with van der Waals surface area (Å²) >= 11 is 0. The molecule has 1 aromatic rings. The van der Waals surface area contributed by atoms with Crippen molar-refractivity contribution in [2.24, 2.45) is 5.92 Å². The maximum absolute atomic E-state index is 12.1. The molecule has 2 unspecified atom stereocenters. The number of carbonyl (C=O) groups is 1. The molecule has 1 aromatic carbocycles. The van der Waals surface area contributed by atoms with Crippen LogP contribution in [-0.2, 0) is 9.53 Å². The van der Waals surface area contributed by atoms with Crippen molar-refractivity contribution < 1.29 is 27.4 Å². The molecule has 122 valence electrons. The van der Waals surface area contributed by atoms with Crippen molar-refractivity contribution in [3.05, 3.63) is 29.8 Å². The van der Waals surface area contributed by atoms with Crippen LogP contribution in [0.4, 0.5) is 13.2 Å². The molecule has 7 heteroatoms. The molecule has 0 radical (unpaired) electrons. The summed E-state index contributed by atoms with van der Waals surface area (Å²) < 4.78 is 45.0. The van der Waals surface area contributed by atoms with Crippen LogP contribution < -0.4 is 10.1 Å². The van der Waals surface area contributed by atoms with Crippen LogP contribution >= 0.6 is 0 Å². The fourth-order valence-corrected chi connectivity index (χ4v) is 2.73. The van der Waals surface area contributed by atoms with Gasteiger partial charge in [-0.25, -0.2) is 0 Å². The lowest BCUT2D eigenvalue weighted by molar-refractivity contribution is -0.274. The molecule has 1 saturated heterocycles. The number of hydrogen-bond donors (Lipinski definition) is 1. The number of benzene rings is 1. The van der Waals surface area contributed by atoms with Crippen molar-refractivity contribution in [2.45, 2.75) is 25.1 Å². The van der Waals surface area contributed by atoms with Gasteiger partial charge in [0.05, 0.1) is 6.61 Å². The second kappa shape index (κ2) is 7.49. The smallest absolute Gasteiger partial charge is 0.468 e. The molecule has 0 aliphatic carbocycles. The summed E-state index contributed by atoms with van der Waals surface area (Å²) in [5, 5.41) is 3.31. The third-order valence-electron chi connectivity index (χ3n) is 3.74. The van der Waals surface area contributed by atoms with Gasteiger partial charge >= 0.3 is 6.36 Å². The Balaban J connectivity index is 1.91. The monoisotopic (exact) mass is 317 g/mol. The van der Waals surface area contributed by atoms with Crippen LogP contribution in [0.5, 0.6) is 5.75 Å². The molecule has 0 bridgehead atoms. The highest BCUT2D eigenvalue weighted by Gasteiger charge is 2.31. The highest BCUT2D eigenvalue weighted by molar-refractivity contribution is 5.36. The lowest BCUT2D eigenvalue weighted by Gasteiger charge is -2.30. The van der Waals surface area contributed by atoms with E-state index in [4.69, 9.17) is 4.74 Å². The van der Waals surface area contributed by atoms with E-state index in [0.717, 1.165) is 31.5 Å². The van der Waals surface area contributed by atoms with E-state index in [1.54, 1.807) is 12.1 Å². The van der Waals surface area contributed by atoms with Crippen molar-refractivity contribution >= 4 is 6.47 Å². The zero-order valence-electron chi connectivity index (χ0n) is 11.9. The molecular formula is C15H18F3NO3. The lowest BCUT2D eigenvalue weighted by atomic mass is 9.84. The number of rotatable bonds is 6. The molecule has 0 aromatic heterocycles. The average molecular weight is 317 g/mol. The first-order valence-electron chi connectivity index (χ1n) is 7.09. The van der Waals surface area contributed by atoms with E-state index in [1.807, 2.05) is 0 Å². The zero-order chi connectivity index (χ0) is 16.0. The van der Waals surface area contributed by atoms with E-state index in [0.29, 0.717) is 19.0 Å². The van der Waals surface area contributed by atoms with Crippen LogP contribution in [0, 0.1) is 5.92 Å². The Morgan fingerprint density at radius 1 is 1.23 bits per heavy atom. The molecule has 0 saturated carbocycles. The van der Waals surface area contributed by atoms with E-state index in [-0.39, 0.29) is 11.7 Å². The summed E-state index contributed by atoms with van der Waals surface area (Å²) in [6.45, 7) is 2.46. The van der Waals surface area contributed by atoms with Crippen LogP contribution in [0.1, 0.15) is 24.3 Å². The maximum atomic E-state index is 12.1. The van der Waals surface area contributed by atoms with Crippen molar-refractivity contribution in [2.75, 3.05) is 19.7 Å². The Hall–Kier alpha value is -1.76. The molecule has 1 fully saturated rings. The number of halogens is 3. The first kappa shape index (κ1) is 16.6. The maximum Gasteiger partial charge on any atom is 0.573 e. The molecular weight excluding hydrogens is 299 g/mol. The summed E-state index contributed by atoms with van der Waals surface area (Å²) in [5.74, 6) is 0.399. The van der Waals surface area contributed by atoms with Crippen LogP contribution in [0.25, 0.3) is 0 Å². The summed E-state index contributed by atoms with van der Waals surface area (Å²) in [4.78, 5) is 10.1. The molecule has 4 nitrogen and oxygen atoms in total. The van der Waals surface area contributed by atoms with Gasteiger partial charge in [-0.3, -0.25) is 4.79 Å². The first-order chi connectivity index (χ1) is 10.5. The SMILES string of the molecule is O=COCCC1CNCC(c2ccc(OC(F)(F)F)cc2)C1. The van der Waals surface area contributed by atoms with Gasteiger partial charge in [0.1, 0.15) is 5.75 Å². The standard InChI is InChI=1S/C15H18F3NO3/c16-15(17,18)22-14-3-1-12(2-4-14)13-7-11(8-19-9-13)5-6-21-10-20/h1-4,10-11,13,19H,5-9H2. The highest BCUT2D eigenvalue weighted by Crippen LogP contribution is 2.30. The lowest BCUT2D eigenvalue weighted by Crippen LogP contribution is -2.35. The van der Waals surface area contributed by atoms with E-state index in [1.165, 1.54) is 12.1 Å². The number of alkyl halides is 3. The molecule has 22 heavy (non-hydrogen) atoms. The van der Waals surface area contributed by atoms with Gasteiger partial charge in [0.2, 0.25) is 0 Å². The molecule has 1 aliphatic heterocycles. The predicted octanol–water partition coefficient (Wildman–Crippen LogP) is 2.84. The average Bonchev–Trinajstić information content (AvgIpc) is 2.47. The highest BCUT2D eigenvalue weighted by atomic mass is 19.4. The number of hydrogen-bond acceptors (Lipinski definition) is 4. The van der Waals surface area contributed by atoms with Gasteiger partial charge in [-0.15, -0.1) is 13.2 Å². The number of piperidine rings is 1. The summed E-state index contributed by atoms with van der Waals surface area (Å²) in [7, 11) is 0. The Kier molecular flexibility index (Phi) is 5.65. The largest absolute Gasteiger partial charge is 0.573 e. The van der Waals surface area contributed by atoms with E-state index in [2.05, 4.69) is 10.1 Å². The third kappa shape index (κ3) is 5.22. The van der Waals surface area contributed by atoms with Crippen molar-refractivity contribution in [1.82, 2.24) is 5.32 Å². The van der Waals surface area contributed by atoms with Crippen molar-refractivity contribution in [1.29, 1.82) is 0 Å². The number of carbonyl (C=O) groups excluding carboxylic acids is 1. The topological polar surface area (TPSA) is 47.6 Å². The van der Waals surface area contributed by atoms with Crippen LogP contribution in [0.2, 0.25) is 0 Å². The molecule has 1 heterocycles. The minimum atomic E-state index is -4.67. The summed E-state index contributed by atoms with van der Waals surface area (Å²) in [6, 6.07) is 6.00. The van der Waals surface area contributed by atoms with Crippen molar-refractivity contribution in [3.63, 3.8) is 0 Å². The van der Waals surface area contributed by atoms with E-state index < -0.39 is 6.36 Å². The number of nitrogens with one attached hydrogen (secondary N) is 1. The van der Waals surface area contributed by atoms with Crippen LogP contribution in [0.15, 0.2) is 24.3 Å². The van der Waals surface area contributed by atoms with Crippen LogP contribution in [0.3, 0.4) is 0 Å². The fraction of sp³-hybridized carbons (Fsp3) is 0.533.